The van der Waals surface area contributed by atoms with Crippen LogP contribution in [0.4, 0.5) is 23.5 Å². The number of alkyl halides is 3. The van der Waals surface area contributed by atoms with Gasteiger partial charge in [-0.1, -0.05) is 41.9 Å². The van der Waals surface area contributed by atoms with Crippen LogP contribution >= 0.6 is 11.6 Å². The third kappa shape index (κ3) is 5.47. The van der Waals surface area contributed by atoms with E-state index in [9.17, 15) is 22.4 Å². The molecule has 0 bridgehead atoms. The molecule has 7 nitrogen and oxygen atoms in total. The summed E-state index contributed by atoms with van der Waals surface area (Å²) in [5.74, 6) is 3.80. The second kappa shape index (κ2) is 10.6. The maximum absolute atomic E-state index is 14.8. The molecule has 0 aliphatic rings. The SMILES string of the molecule is NNC(=O)c1ccc2nc(N[C@](Cc3ccccc3)(c3cc(F)cc(C(F)(F)F)c3)c3ccc(Cl)cn3)[nH]c2c1. The molecule has 12 heteroatoms. The molecule has 0 saturated carbocycles. The number of hydrogen-bond donors (Lipinski definition) is 4. The number of nitrogen functional groups attached to an aromatic ring is 1. The number of imidazole rings is 1. The molecule has 1 atom stereocenters. The minimum atomic E-state index is -4.80. The molecule has 204 valence electrons. The van der Waals surface area contributed by atoms with Crippen molar-refractivity contribution in [2.45, 2.75) is 18.1 Å². The number of H-pyrrole nitrogens is 1. The number of aromatic nitrogens is 3. The molecular weight excluding hydrogens is 548 g/mol. The van der Waals surface area contributed by atoms with Gasteiger partial charge in [-0.05, 0) is 59.7 Å². The van der Waals surface area contributed by atoms with Gasteiger partial charge in [-0.3, -0.25) is 15.2 Å². The van der Waals surface area contributed by atoms with E-state index in [0.717, 1.165) is 17.7 Å². The van der Waals surface area contributed by atoms with Gasteiger partial charge in [0.2, 0.25) is 5.95 Å². The van der Waals surface area contributed by atoms with Crippen LogP contribution in [0.15, 0.2) is 85.1 Å². The van der Waals surface area contributed by atoms with Gasteiger partial charge in [0.05, 0.1) is 27.3 Å². The van der Waals surface area contributed by atoms with E-state index in [1.807, 2.05) is 0 Å². The van der Waals surface area contributed by atoms with E-state index in [-0.39, 0.29) is 29.2 Å². The number of carbonyl (C=O) groups is 1. The van der Waals surface area contributed by atoms with Gasteiger partial charge < -0.3 is 10.3 Å². The summed E-state index contributed by atoms with van der Waals surface area (Å²) in [5.41, 5.74) is 1.47. The Labute approximate surface area is 230 Å². The molecular formula is C28H21ClF4N6O. The number of carbonyl (C=O) groups excluding carboxylic acids is 1. The molecule has 2 aromatic heterocycles. The molecule has 0 radical (unpaired) electrons. The van der Waals surface area contributed by atoms with E-state index in [2.05, 4.69) is 25.7 Å². The summed E-state index contributed by atoms with van der Waals surface area (Å²) in [5, 5.41) is 3.53. The van der Waals surface area contributed by atoms with Gasteiger partial charge in [0, 0.05) is 18.2 Å². The van der Waals surface area contributed by atoms with Gasteiger partial charge in [0.25, 0.3) is 5.91 Å². The Balaban J connectivity index is 1.74. The second-order valence-electron chi connectivity index (χ2n) is 9.07. The Morgan fingerprint density at radius 2 is 1.73 bits per heavy atom. The number of nitrogens with one attached hydrogen (secondary N) is 3. The van der Waals surface area contributed by atoms with Crippen molar-refractivity contribution < 1.29 is 22.4 Å². The van der Waals surface area contributed by atoms with Gasteiger partial charge in [-0.25, -0.2) is 15.2 Å². The first kappa shape index (κ1) is 27.1. The fourth-order valence-corrected chi connectivity index (χ4v) is 4.66. The average Bonchev–Trinajstić information content (AvgIpc) is 3.33. The number of amides is 1. The lowest BCUT2D eigenvalue weighted by Gasteiger charge is -2.35. The van der Waals surface area contributed by atoms with E-state index in [4.69, 9.17) is 17.4 Å². The largest absolute Gasteiger partial charge is 0.416 e. The number of hydrazine groups is 1. The van der Waals surface area contributed by atoms with Crippen molar-refractivity contribution in [2.24, 2.45) is 5.84 Å². The predicted octanol–water partition coefficient (Wildman–Crippen LogP) is 5.97. The molecule has 5 aromatic rings. The van der Waals surface area contributed by atoms with E-state index >= 15 is 0 Å². The standard InChI is InChI=1S/C28H21ClF4N6O/c29-20-7-9-24(35-15-20)27(14-16-4-2-1-3-5-16,18-11-19(28(31,32)33)13-21(30)12-18)38-26-36-22-8-6-17(25(40)39-34)10-23(22)37-26/h1-13,15H,14,34H2,(H,39,40)(H2,36,37,38)/t27-/m1/s1. The third-order valence-electron chi connectivity index (χ3n) is 6.40. The van der Waals surface area contributed by atoms with E-state index in [0.29, 0.717) is 22.1 Å². The predicted molar refractivity (Wildman–Crippen MR) is 143 cm³/mol. The fraction of sp³-hybridized carbons (Fsp3) is 0.107. The molecule has 0 saturated heterocycles. The van der Waals surface area contributed by atoms with Crippen molar-refractivity contribution >= 4 is 34.5 Å². The second-order valence-corrected chi connectivity index (χ2v) is 9.51. The number of rotatable bonds is 7. The summed E-state index contributed by atoms with van der Waals surface area (Å²) in [6.45, 7) is 0. The third-order valence-corrected chi connectivity index (χ3v) is 6.63. The first-order valence-electron chi connectivity index (χ1n) is 11.9. The highest BCUT2D eigenvalue weighted by Crippen LogP contribution is 2.40. The van der Waals surface area contributed by atoms with E-state index < -0.39 is 29.0 Å². The average molecular weight is 569 g/mol. The fourth-order valence-electron chi connectivity index (χ4n) is 4.55. The van der Waals surface area contributed by atoms with Crippen LogP contribution in [-0.2, 0) is 18.1 Å². The maximum Gasteiger partial charge on any atom is 0.416 e. The summed E-state index contributed by atoms with van der Waals surface area (Å²) in [6.07, 6.45) is -3.39. The molecule has 0 fully saturated rings. The highest BCUT2D eigenvalue weighted by molar-refractivity contribution is 6.30. The number of aromatic amines is 1. The zero-order valence-electron chi connectivity index (χ0n) is 20.6. The number of nitrogens with two attached hydrogens (primary N) is 1. The van der Waals surface area contributed by atoms with Gasteiger partial charge in [-0.2, -0.15) is 13.2 Å². The zero-order valence-corrected chi connectivity index (χ0v) is 21.3. The number of benzene rings is 3. The topological polar surface area (TPSA) is 109 Å². The molecule has 2 heterocycles. The van der Waals surface area contributed by atoms with Crippen LogP contribution in [0.25, 0.3) is 11.0 Å². The van der Waals surface area contributed by atoms with Crippen LogP contribution in [-0.4, -0.2) is 20.9 Å². The van der Waals surface area contributed by atoms with Crippen molar-refractivity contribution in [3.05, 3.63) is 124 Å². The van der Waals surface area contributed by atoms with Crippen molar-refractivity contribution in [2.75, 3.05) is 5.32 Å². The van der Waals surface area contributed by atoms with Crippen LogP contribution in [0.5, 0.6) is 0 Å². The molecule has 0 aliphatic heterocycles. The zero-order chi connectivity index (χ0) is 28.5. The van der Waals surface area contributed by atoms with Gasteiger partial charge in [-0.15, -0.1) is 0 Å². The number of hydrogen-bond acceptors (Lipinski definition) is 5. The molecule has 5 N–H and O–H groups in total. The molecule has 3 aromatic carbocycles. The summed E-state index contributed by atoms with van der Waals surface area (Å²) in [6, 6.07) is 19.1. The first-order valence-corrected chi connectivity index (χ1v) is 12.3. The molecule has 0 spiro atoms. The lowest BCUT2D eigenvalue weighted by molar-refractivity contribution is -0.137. The highest BCUT2D eigenvalue weighted by Gasteiger charge is 2.40. The first-order chi connectivity index (χ1) is 19.1. The quantitative estimate of drug-likeness (QED) is 0.0837. The lowest BCUT2D eigenvalue weighted by atomic mass is 9.80. The minimum absolute atomic E-state index is 0.0397. The lowest BCUT2D eigenvalue weighted by Crippen LogP contribution is -2.40. The van der Waals surface area contributed by atoms with Crippen LogP contribution in [0.3, 0.4) is 0 Å². The summed E-state index contributed by atoms with van der Waals surface area (Å²) in [4.78, 5) is 24.0. The molecule has 0 unspecified atom stereocenters. The van der Waals surface area contributed by atoms with Crippen molar-refractivity contribution in [3.8, 4) is 0 Å². The maximum atomic E-state index is 14.8. The van der Waals surface area contributed by atoms with Crippen molar-refractivity contribution in [1.29, 1.82) is 0 Å². The summed E-state index contributed by atoms with van der Waals surface area (Å²) >= 11 is 6.09. The van der Waals surface area contributed by atoms with Gasteiger partial charge in [0.1, 0.15) is 11.4 Å². The summed E-state index contributed by atoms with van der Waals surface area (Å²) in [7, 11) is 0. The molecule has 1 amide bonds. The Kier molecular flexibility index (Phi) is 7.17. The highest BCUT2D eigenvalue weighted by atomic mass is 35.5. The molecule has 0 aliphatic carbocycles. The number of pyridine rings is 1. The smallest absolute Gasteiger partial charge is 0.340 e. The number of halogens is 5. The monoisotopic (exact) mass is 568 g/mol. The van der Waals surface area contributed by atoms with Crippen LogP contribution in [0, 0.1) is 5.82 Å². The summed E-state index contributed by atoms with van der Waals surface area (Å²) < 4.78 is 56.3. The Morgan fingerprint density at radius 3 is 2.40 bits per heavy atom. The Bertz CT molecular complexity index is 1670. The number of anilines is 1. The normalized spacial score (nSPS) is 13.2. The van der Waals surface area contributed by atoms with E-state index in [1.165, 1.54) is 18.3 Å². The van der Waals surface area contributed by atoms with Crippen LogP contribution in [0.1, 0.15) is 32.7 Å². The van der Waals surface area contributed by atoms with Crippen molar-refractivity contribution in [1.82, 2.24) is 20.4 Å². The van der Waals surface area contributed by atoms with Gasteiger partial charge >= 0.3 is 6.18 Å². The van der Waals surface area contributed by atoms with Gasteiger partial charge in [0.15, 0.2) is 0 Å². The Hall–Kier alpha value is -4.48. The minimum Gasteiger partial charge on any atom is -0.340 e. The van der Waals surface area contributed by atoms with E-state index in [1.54, 1.807) is 48.5 Å². The number of nitrogens with zero attached hydrogens (tertiary/aromatic N) is 2. The van der Waals surface area contributed by atoms with Crippen molar-refractivity contribution in [3.63, 3.8) is 0 Å². The van der Waals surface area contributed by atoms with Crippen LogP contribution in [0.2, 0.25) is 5.02 Å². The van der Waals surface area contributed by atoms with Crippen LogP contribution < -0.4 is 16.6 Å². The Morgan fingerprint density at radius 1 is 0.975 bits per heavy atom. The molecule has 5 rings (SSSR count). The molecule has 40 heavy (non-hydrogen) atoms. The number of fused-ring (bicyclic) bond motifs is 1.